The molecule has 1 saturated heterocycles. The monoisotopic (exact) mass is 420 g/mol. The number of benzene rings is 1. The van der Waals surface area contributed by atoms with Crippen molar-refractivity contribution in [1.82, 2.24) is 19.7 Å². The second-order valence-corrected chi connectivity index (χ2v) is 10.7. The number of carbonyl (C=O) groups excluding carboxylic acids is 1. The first kappa shape index (κ1) is 19.4. The van der Waals surface area contributed by atoms with Crippen molar-refractivity contribution in [2.24, 2.45) is 7.05 Å². The van der Waals surface area contributed by atoms with Crippen molar-refractivity contribution < 1.29 is 13.2 Å². The van der Waals surface area contributed by atoms with E-state index >= 15 is 0 Å². The van der Waals surface area contributed by atoms with Crippen LogP contribution in [0.3, 0.4) is 0 Å². The SMILES string of the molecule is Cc1ccccc1-c1nnc(SCC(=O)N(C2CC2)[C@H]2CCS(=O)(=O)C2)n1C. The Bertz CT molecular complexity index is 998. The van der Waals surface area contributed by atoms with Crippen molar-refractivity contribution >= 4 is 27.5 Å². The van der Waals surface area contributed by atoms with Crippen LogP contribution in [0.4, 0.5) is 0 Å². The molecule has 0 bridgehead atoms. The van der Waals surface area contributed by atoms with E-state index in [9.17, 15) is 13.2 Å². The second kappa shape index (κ2) is 7.51. The number of carbonyl (C=O) groups is 1. The largest absolute Gasteiger partial charge is 0.335 e. The maximum atomic E-state index is 12.9. The smallest absolute Gasteiger partial charge is 0.233 e. The van der Waals surface area contributed by atoms with E-state index in [1.807, 2.05) is 47.7 Å². The predicted octanol–water partition coefficient (Wildman–Crippen LogP) is 2.06. The lowest BCUT2D eigenvalue weighted by molar-refractivity contribution is -0.130. The summed E-state index contributed by atoms with van der Waals surface area (Å²) in [6.07, 6.45) is 2.49. The van der Waals surface area contributed by atoms with Gasteiger partial charge in [0.15, 0.2) is 20.8 Å². The molecule has 28 heavy (non-hydrogen) atoms. The summed E-state index contributed by atoms with van der Waals surface area (Å²) in [6.45, 7) is 2.03. The van der Waals surface area contributed by atoms with Crippen LogP contribution in [0.2, 0.25) is 0 Å². The molecule has 4 rings (SSSR count). The maximum Gasteiger partial charge on any atom is 0.233 e. The van der Waals surface area contributed by atoms with Gasteiger partial charge in [-0.05, 0) is 31.7 Å². The number of rotatable bonds is 6. The molecule has 1 aromatic heterocycles. The summed E-state index contributed by atoms with van der Waals surface area (Å²) in [5.74, 6) is 1.29. The third-order valence-electron chi connectivity index (χ3n) is 5.38. The molecule has 0 radical (unpaired) electrons. The van der Waals surface area contributed by atoms with Gasteiger partial charge in [0, 0.05) is 24.7 Å². The molecule has 2 fully saturated rings. The molecule has 2 aliphatic rings. The predicted molar refractivity (Wildman–Crippen MR) is 109 cm³/mol. The third kappa shape index (κ3) is 3.96. The zero-order valence-electron chi connectivity index (χ0n) is 16.0. The molecule has 150 valence electrons. The van der Waals surface area contributed by atoms with Crippen LogP contribution in [-0.4, -0.2) is 63.3 Å². The van der Waals surface area contributed by atoms with Gasteiger partial charge in [-0.25, -0.2) is 8.42 Å². The van der Waals surface area contributed by atoms with Crippen molar-refractivity contribution in [1.29, 1.82) is 0 Å². The van der Waals surface area contributed by atoms with Crippen LogP contribution in [0.5, 0.6) is 0 Å². The second-order valence-electron chi connectivity index (χ2n) is 7.56. The van der Waals surface area contributed by atoms with Crippen LogP contribution in [0, 0.1) is 6.92 Å². The topological polar surface area (TPSA) is 85.2 Å². The Morgan fingerprint density at radius 3 is 2.61 bits per heavy atom. The number of hydrogen-bond acceptors (Lipinski definition) is 6. The normalized spacial score (nSPS) is 21.0. The van der Waals surface area contributed by atoms with Gasteiger partial charge in [0.05, 0.1) is 17.3 Å². The van der Waals surface area contributed by atoms with Crippen molar-refractivity contribution in [3.8, 4) is 11.4 Å². The van der Waals surface area contributed by atoms with E-state index in [1.165, 1.54) is 11.8 Å². The van der Waals surface area contributed by atoms with Gasteiger partial charge < -0.3 is 9.47 Å². The number of nitrogens with zero attached hydrogens (tertiary/aromatic N) is 4. The van der Waals surface area contributed by atoms with E-state index in [4.69, 9.17) is 0 Å². The van der Waals surface area contributed by atoms with Gasteiger partial charge >= 0.3 is 0 Å². The van der Waals surface area contributed by atoms with E-state index in [1.54, 1.807) is 0 Å². The third-order valence-corrected chi connectivity index (χ3v) is 8.13. The summed E-state index contributed by atoms with van der Waals surface area (Å²) < 4.78 is 25.6. The van der Waals surface area contributed by atoms with Crippen LogP contribution in [-0.2, 0) is 21.7 Å². The first-order valence-corrected chi connectivity index (χ1v) is 12.3. The molecule has 1 saturated carbocycles. The molecule has 0 unspecified atom stereocenters. The summed E-state index contributed by atoms with van der Waals surface area (Å²) in [7, 11) is -1.11. The van der Waals surface area contributed by atoms with Crippen molar-refractivity contribution in [3.63, 3.8) is 0 Å². The molecule has 1 amide bonds. The Morgan fingerprint density at radius 1 is 1.21 bits per heavy atom. The van der Waals surface area contributed by atoms with E-state index in [0.29, 0.717) is 11.6 Å². The Hall–Kier alpha value is -1.87. The average molecular weight is 421 g/mol. The molecule has 1 aliphatic heterocycles. The van der Waals surface area contributed by atoms with Gasteiger partial charge in [0.1, 0.15) is 0 Å². The highest BCUT2D eigenvalue weighted by Gasteiger charge is 2.42. The number of hydrogen-bond donors (Lipinski definition) is 0. The number of aromatic nitrogens is 3. The van der Waals surface area contributed by atoms with Crippen molar-refractivity contribution in [3.05, 3.63) is 29.8 Å². The van der Waals surface area contributed by atoms with Crippen molar-refractivity contribution in [2.45, 2.75) is 43.4 Å². The highest BCUT2D eigenvalue weighted by Crippen LogP contribution is 2.33. The van der Waals surface area contributed by atoms with Gasteiger partial charge in [-0.15, -0.1) is 10.2 Å². The lowest BCUT2D eigenvalue weighted by Gasteiger charge is -2.28. The summed E-state index contributed by atoms with van der Waals surface area (Å²) in [4.78, 5) is 14.7. The minimum Gasteiger partial charge on any atom is -0.335 e. The molecular formula is C19H24N4O3S2. The first-order valence-electron chi connectivity index (χ1n) is 9.45. The number of amides is 1. The van der Waals surface area contributed by atoms with Gasteiger partial charge in [0.2, 0.25) is 5.91 Å². The van der Waals surface area contributed by atoms with Crippen LogP contribution in [0.25, 0.3) is 11.4 Å². The van der Waals surface area contributed by atoms with Crippen LogP contribution >= 0.6 is 11.8 Å². The lowest BCUT2D eigenvalue weighted by Crippen LogP contribution is -2.43. The summed E-state index contributed by atoms with van der Waals surface area (Å²) in [5.41, 5.74) is 2.14. The minimum atomic E-state index is -3.01. The van der Waals surface area contributed by atoms with Crippen LogP contribution in [0.15, 0.2) is 29.4 Å². The molecule has 0 N–H and O–H groups in total. The number of sulfone groups is 1. The Kier molecular flexibility index (Phi) is 5.22. The number of aryl methyl sites for hydroxylation is 1. The highest BCUT2D eigenvalue weighted by atomic mass is 32.2. The fourth-order valence-electron chi connectivity index (χ4n) is 3.75. The zero-order valence-corrected chi connectivity index (χ0v) is 17.7. The van der Waals surface area contributed by atoms with Gasteiger partial charge in [-0.1, -0.05) is 36.0 Å². The average Bonchev–Trinajstić information content (AvgIpc) is 3.32. The molecule has 2 heterocycles. The van der Waals surface area contributed by atoms with E-state index < -0.39 is 9.84 Å². The maximum absolute atomic E-state index is 12.9. The molecule has 7 nitrogen and oxygen atoms in total. The molecule has 1 aromatic carbocycles. The van der Waals surface area contributed by atoms with Crippen LogP contribution < -0.4 is 0 Å². The fraction of sp³-hybridized carbons (Fsp3) is 0.526. The minimum absolute atomic E-state index is 0.00459. The van der Waals surface area contributed by atoms with E-state index in [0.717, 1.165) is 29.8 Å². The first-order chi connectivity index (χ1) is 13.4. The Balaban J connectivity index is 1.45. The fourth-order valence-corrected chi connectivity index (χ4v) is 6.24. The lowest BCUT2D eigenvalue weighted by atomic mass is 10.1. The molecule has 0 spiro atoms. The van der Waals surface area contributed by atoms with Crippen molar-refractivity contribution in [2.75, 3.05) is 17.3 Å². The molecule has 1 atom stereocenters. The quantitative estimate of drug-likeness (QED) is 0.665. The molecule has 2 aromatic rings. The van der Waals surface area contributed by atoms with Crippen LogP contribution in [0.1, 0.15) is 24.8 Å². The highest BCUT2D eigenvalue weighted by molar-refractivity contribution is 7.99. The zero-order chi connectivity index (χ0) is 19.9. The van der Waals surface area contributed by atoms with Gasteiger partial charge in [-0.3, -0.25) is 4.79 Å². The van der Waals surface area contributed by atoms with E-state index in [-0.39, 0.29) is 35.2 Å². The summed E-state index contributed by atoms with van der Waals surface area (Å²) >= 11 is 1.36. The number of thioether (sulfide) groups is 1. The Labute approximate surface area is 169 Å². The standard InChI is InChI=1S/C19H24N4O3S2/c1-13-5-3-4-6-16(13)18-20-21-19(22(18)2)27-11-17(24)23(14-7-8-14)15-9-10-28(25,26)12-15/h3-6,14-15H,7-12H2,1-2H3/t15-/m0/s1. The molecule has 9 heteroatoms. The summed E-state index contributed by atoms with van der Waals surface area (Å²) in [6, 6.07) is 8.02. The Morgan fingerprint density at radius 2 is 1.96 bits per heavy atom. The van der Waals surface area contributed by atoms with Gasteiger partial charge in [0.25, 0.3) is 0 Å². The van der Waals surface area contributed by atoms with E-state index in [2.05, 4.69) is 10.2 Å². The molecule has 1 aliphatic carbocycles. The molecular weight excluding hydrogens is 396 g/mol. The summed E-state index contributed by atoms with van der Waals surface area (Å²) in [5, 5.41) is 9.24. The van der Waals surface area contributed by atoms with Gasteiger partial charge in [-0.2, -0.15) is 0 Å².